The van der Waals surface area contributed by atoms with E-state index in [4.69, 9.17) is 0 Å². The lowest BCUT2D eigenvalue weighted by atomic mass is 9.99. The minimum Gasteiger partial charge on any atom is -0.359 e. The number of aryl methyl sites for hydroxylation is 1. The summed E-state index contributed by atoms with van der Waals surface area (Å²) in [5.74, 6) is 0.386. The Labute approximate surface area is 137 Å². The van der Waals surface area contributed by atoms with Gasteiger partial charge in [-0.1, -0.05) is 12.1 Å². The van der Waals surface area contributed by atoms with Gasteiger partial charge in [-0.15, -0.1) is 0 Å². The van der Waals surface area contributed by atoms with Crippen LogP contribution in [-0.2, 0) is 13.5 Å². The fourth-order valence-corrected chi connectivity index (χ4v) is 3.06. The van der Waals surface area contributed by atoms with Crippen LogP contribution in [0.4, 0.5) is 5.95 Å². The second-order valence-electron chi connectivity index (χ2n) is 5.63. The lowest BCUT2D eigenvalue weighted by Crippen LogP contribution is -2.29. The van der Waals surface area contributed by atoms with Crippen LogP contribution in [0.1, 0.15) is 11.6 Å². The van der Waals surface area contributed by atoms with E-state index < -0.39 is 11.0 Å². The van der Waals surface area contributed by atoms with E-state index in [2.05, 4.69) is 15.4 Å². The topological polar surface area (TPSA) is 91.8 Å². The van der Waals surface area contributed by atoms with Crippen molar-refractivity contribution in [2.45, 2.75) is 12.5 Å². The summed E-state index contributed by atoms with van der Waals surface area (Å²) in [4.78, 5) is 15.0. The van der Waals surface area contributed by atoms with E-state index in [-0.39, 0.29) is 5.70 Å². The summed E-state index contributed by atoms with van der Waals surface area (Å²) in [5.41, 5.74) is 2.11. The van der Waals surface area contributed by atoms with Gasteiger partial charge in [0.15, 0.2) is 6.20 Å². The third kappa shape index (κ3) is 2.19. The van der Waals surface area contributed by atoms with E-state index in [0.717, 1.165) is 16.5 Å². The molecule has 1 unspecified atom stereocenters. The lowest BCUT2D eigenvalue weighted by molar-refractivity contribution is -0.644. The Morgan fingerprint density at radius 3 is 3.04 bits per heavy atom. The summed E-state index contributed by atoms with van der Waals surface area (Å²) in [6.07, 6.45) is 5.05. The molecule has 0 bridgehead atoms. The summed E-state index contributed by atoms with van der Waals surface area (Å²) in [7, 11) is 1.98. The van der Waals surface area contributed by atoms with Crippen molar-refractivity contribution in [3.8, 4) is 0 Å². The van der Waals surface area contributed by atoms with Crippen LogP contribution in [0.25, 0.3) is 16.2 Å². The average Bonchev–Trinajstić information content (AvgIpc) is 3.06. The Balaban J connectivity index is 1.82. The molecule has 3 heterocycles. The number of hydrogen-bond acceptors (Lipinski definition) is 4. The molecule has 1 aliphatic heterocycles. The van der Waals surface area contributed by atoms with E-state index in [1.54, 1.807) is 0 Å². The maximum Gasteiger partial charge on any atom is 0.259 e. The summed E-state index contributed by atoms with van der Waals surface area (Å²) in [5, 5.41) is 20.6. The molecule has 8 heteroatoms. The fourth-order valence-electron chi connectivity index (χ4n) is 3.06. The quantitative estimate of drug-likeness (QED) is 0.420. The standard InChI is InChI=1S/C16H14N6O2/c1-20-7-6-11(12-4-2-3-5-13(12)20)8-14-15(22(23)24)9-17-16-18-10-19-21(14)16/h2-7,9-10,14H,8H2,1H3. The molecule has 0 aliphatic carbocycles. The Hall–Kier alpha value is -3.29. The summed E-state index contributed by atoms with van der Waals surface area (Å²) in [6, 6.07) is 9.44. The highest BCUT2D eigenvalue weighted by Gasteiger charge is 2.29. The molecule has 2 aromatic heterocycles. The van der Waals surface area contributed by atoms with Gasteiger partial charge in [-0.25, -0.2) is 9.67 Å². The minimum absolute atomic E-state index is 0.0188. The lowest BCUT2D eigenvalue weighted by Gasteiger charge is -2.26. The van der Waals surface area contributed by atoms with Crippen molar-refractivity contribution in [1.29, 1.82) is 0 Å². The SMILES string of the molecule is C[n+]1ccc(CC2C([N+](=O)[O-])=C[N-]c3ncnn32)c2ccccc21. The summed E-state index contributed by atoms with van der Waals surface area (Å²) < 4.78 is 3.54. The number of pyridine rings is 1. The van der Waals surface area contributed by atoms with Crippen molar-refractivity contribution in [1.82, 2.24) is 14.8 Å². The molecule has 1 aliphatic rings. The highest BCUT2D eigenvalue weighted by Crippen LogP contribution is 2.34. The Bertz CT molecular complexity index is 978. The first-order valence-electron chi connectivity index (χ1n) is 7.46. The molecule has 0 radical (unpaired) electrons. The third-order valence-corrected chi connectivity index (χ3v) is 4.26. The molecule has 1 atom stereocenters. The third-order valence-electron chi connectivity index (χ3n) is 4.26. The molecule has 0 saturated carbocycles. The number of para-hydroxylation sites is 1. The summed E-state index contributed by atoms with van der Waals surface area (Å²) >= 11 is 0. The zero-order chi connectivity index (χ0) is 16.7. The number of benzene rings is 1. The van der Waals surface area contributed by atoms with Crippen molar-refractivity contribution < 1.29 is 9.49 Å². The molecule has 120 valence electrons. The van der Waals surface area contributed by atoms with Gasteiger partial charge in [0.05, 0.1) is 11.3 Å². The van der Waals surface area contributed by atoms with Crippen LogP contribution in [0, 0.1) is 10.1 Å². The molecule has 0 amide bonds. The van der Waals surface area contributed by atoms with Crippen LogP contribution in [0.2, 0.25) is 0 Å². The normalized spacial score (nSPS) is 16.4. The molecule has 8 nitrogen and oxygen atoms in total. The Kier molecular flexibility index (Phi) is 3.23. The highest BCUT2D eigenvalue weighted by molar-refractivity contribution is 5.79. The molecule has 4 rings (SSSR count). The summed E-state index contributed by atoms with van der Waals surface area (Å²) in [6.45, 7) is 0. The predicted molar refractivity (Wildman–Crippen MR) is 86.0 cm³/mol. The van der Waals surface area contributed by atoms with Gasteiger partial charge >= 0.3 is 0 Å². The molecular weight excluding hydrogens is 308 g/mol. The van der Waals surface area contributed by atoms with E-state index in [1.165, 1.54) is 17.2 Å². The number of rotatable bonds is 3. The van der Waals surface area contributed by atoms with Crippen LogP contribution in [-0.4, -0.2) is 19.7 Å². The molecule has 24 heavy (non-hydrogen) atoms. The van der Waals surface area contributed by atoms with Gasteiger partial charge in [0.1, 0.15) is 13.1 Å². The second-order valence-corrected chi connectivity index (χ2v) is 5.63. The van der Waals surface area contributed by atoms with E-state index in [0.29, 0.717) is 12.4 Å². The Morgan fingerprint density at radius 2 is 2.21 bits per heavy atom. The highest BCUT2D eigenvalue weighted by atomic mass is 16.6. The molecular formula is C16H14N6O2. The van der Waals surface area contributed by atoms with Crippen molar-refractivity contribution in [3.05, 3.63) is 75.7 Å². The molecule has 0 N–H and O–H groups in total. The predicted octanol–water partition coefficient (Wildman–Crippen LogP) is 2.18. The number of aromatic nitrogens is 4. The molecule has 0 fully saturated rings. The van der Waals surface area contributed by atoms with Crippen LogP contribution in [0.15, 0.2) is 54.8 Å². The number of nitrogens with zero attached hydrogens (tertiary/aromatic N) is 6. The number of hydrogen-bond donors (Lipinski definition) is 0. The zero-order valence-electron chi connectivity index (χ0n) is 12.9. The van der Waals surface area contributed by atoms with Gasteiger partial charge < -0.3 is 15.0 Å². The van der Waals surface area contributed by atoms with Gasteiger partial charge in [-0.2, -0.15) is 0 Å². The van der Waals surface area contributed by atoms with Gasteiger partial charge in [-0.3, -0.25) is 10.1 Å². The van der Waals surface area contributed by atoms with Crippen LogP contribution >= 0.6 is 0 Å². The van der Waals surface area contributed by atoms with Crippen LogP contribution in [0.5, 0.6) is 0 Å². The zero-order valence-corrected chi connectivity index (χ0v) is 12.9. The number of allylic oxidation sites excluding steroid dienone is 1. The molecule has 3 aromatic rings. The second kappa shape index (κ2) is 5.41. The first-order valence-corrected chi connectivity index (χ1v) is 7.46. The van der Waals surface area contributed by atoms with Crippen LogP contribution in [0.3, 0.4) is 0 Å². The van der Waals surface area contributed by atoms with E-state index in [9.17, 15) is 10.1 Å². The fraction of sp³-hybridized carbons (Fsp3) is 0.188. The average molecular weight is 322 g/mol. The van der Waals surface area contributed by atoms with Crippen molar-refractivity contribution in [2.24, 2.45) is 7.05 Å². The van der Waals surface area contributed by atoms with Gasteiger partial charge in [0.25, 0.3) is 5.70 Å². The molecule has 1 aromatic carbocycles. The smallest absolute Gasteiger partial charge is 0.259 e. The van der Waals surface area contributed by atoms with Gasteiger partial charge in [0.2, 0.25) is 5.52 Å². The Morgan fingerprint density at radius 1 is 1.38 bits per heavy atom. The van der Waals surface area contributed by atoms with Crippen molar-refractivity contribution in [3.63, 3.8) is 0 Å². The monoisotopic (exact) mass is 322 g/mol. The molecule has 0 spiro atoms. The maximum absolute atomic E-state index is 11.4. The van der Waals surface area contributed by atoms with Crippen molar-refractivity contribution >= 4 is 16.9 Å². The van der Waals surface area contributed by atoms with Gasteiger partial charge in [-0.05, 0) is 18.1 Å². The molecule has 0 saturated heterocycles. The number of nitro groups is 1. The van der Waals surface area contributed by atoms with E-state index in [1.807, 2.05) is 48.1 Å². The number of fused-ring (bicyclic) bond motifs is 2. The van der Waals surface area contributed by atoms with Crippen LogP contribution < -0.4 is 4.57 Å². The van der Waals surface area contributed by atoms with Gasteiger partial charge in [0, 0.05) is 29.7 Å². The maximum atomic E-state index is 11.4. The first kappa shape index (κ1) is 14.3. The minimum atomic E-state index is -0.536. The van der Waals surface area contributed by atoms with E-state index >= 15 is 0 Å². The van der Waals surface area contributed by atoms with Crippen molar-refractivity contribution in [2.75, 3.05) is 0 Å². The largest absolute Gasteiger partial charge is 0.359 e. The first-order chi connectivity index (χ1) is 11.6.